The van der Waals surface area contributed by atoms with Crippen LogP contribution in [0.1, 0.15) is 18.5 Å². The molecule has 0 aliphatic heterocycles. The molecular formula is C10H12F3NO2. The summed E-state index contributed by atoms with van der Waals surface area (Å²) in [5.74, 6) is -0.235. The molecule has 1 atom stereocenters. The Morgan fingerprint density at radius 1 is 1.19 bits per heavy atom. The number of hydrogen-bond acceptors (Lipinski definition) is 3. The molecule has 0 radical (unpaired) electrons. The highest BCUT2D eigenvalue weighted by Crippen LogP contribution is 2.24. The average Bonchev–Trinajstić information content (AvgIpc) is 2.16. The minimum absolute atomic E-state index is 0.107. The van der Waals surface area contributed by atoms with Gasteiger partial charge in [-0.3, -0.25) is 0 Å². The van der Waals surface area contributed by atoms with Crippen molar-refractivity contribution in [2.75, 3.05) is 7.11 Å². The highest BCUT2D eigenvalue weighted by Gasteiger charge is 2.30. The number of benzene rings is 1. The van der Waals surface area contributed by atoms with Crippen molar-refractivity contribution in [3.05, 3.63) is 29.8 Å². The molecule has 0 aliphatic rings. The molecule has 0 bridgehead atoms. The lowest BCUT2D eigenvalue weighted by atomic mass is 10.1. The number of nitrogens with one attached hydrogen (secondary N) is 1. The third kappa shape index (κ3) is 4.08. The SMILES string of the molecule is CONC(C)c1ccc(OC(F)(F)F)cc1. The van der Waals surface area contributed by atoms with Crippen molar-refractivity contribution in [1.29, 1.82) is 0 Å². The van der Waals surface area contributed by atoms with E-state index in [9.17, 15) is 13.2 Å². The summed E-state index contributed by atoms with van der Waals surface area (Å²) >= 11 is 0. The molecule has 0 spiro atoms. The van der Waals surface area contributed by atoms with E-state index in [1.54, 1.807) is 0 Å². The van der Waals surface area contributed by atoms with E-state index in [-0.39, 0.29) is 11.8 Å². The van der Waals surface area contributed by atoms with Crippen molar-refractivity contribution >= 4 is 0 Å². The molecule has 1 aromatic carbocycles. The fourth-order valence-electron chi connectivity index (χ4n) is 1.20. The fraction of sp³-hybridized carbons (Fsp3) is 0.400. The molecule has 1 aromatic rings. The second kappa shape index (κ2) is 5.18. The lowest BCUT2D eigenvalue weighted by Gasteiger charge is -2.13. The molecule has 6 heteroatoms. The minimum Gasteiger partial charge on any atom is -0.406 e. The van der Waals surface area contributed by atoms with Gasteiger partial charge in [-0.25, -0.2) is 0 Å². The van der Waals surface area contributed by atoms with Crippen molar-refractivity contribution in [2.45, 2.75) is 19.3 Å². The molecule has 0 aliphatic carbocycles. The van der Waals surface area contributed by atoms with Crippen LogP contribution in [0.3, 0.4) is 0 Å². The van der Waals surface area contributed by atoms with Crippen LogP contribution < -0.4 is 10.2 Å². The Labute approximate surface area is 91.1 Å². The van der Waals surface area contributed by atoms with Crippen LogP contribution in [0.4, 0.5) is 13.2 Å². The monoisotopic (exact) mass is 235 g/mol. The van der Waals surface area contributed by atoms with Crippen LogP contribution in [0, 0.1) is 0 Å². The molecule has 0 saturated carbocycles. The van der Waals surface area contributed by atoms with Crippen molar-refractivity contribution in [2.24, 2.45) is 0 Å². The van der Waals surface area contributed by atoms with Crippen LogP contribution in [0.25, 0.3) is 0 Å². The Bertz CT molecular complexity index is 324. The molecule has 90 valence electrons. The maximum Gasteiger partial charge on any atom is 0.573 e. The molecule has 0 aromatic heterocycles. The van der Waals surface area contributed by atoms with Crippen LogP contribution >= 0.6 is 0 Å². The summed E-state index contributed by atoms with van der Waals surface area (Å²) in [5, 5.41) is 0. The molecule has 1 N–H and O–H groups in total. The zero-order chi connectivity index (χ0) is 12.2. The minimum atomic E-state index is -4.65. The topological polar surface area (TPSA) is 30.5 Å². The second-order valence-corrected chi connectivity index (χ2v) is 3.16. The fourth-order valence-corrected chi connectivity index (χ4v) is 1.20. The van der Waals surface area contributed by atoms with Gasteiger partial charge in [0.25, 0.3) is 0 Å². The summed E-state index contributed by atoms with van der Waals surface area (Å²) in [6.45, 7) is 1.82. The Morgan fingerprint density at radius 3 is 2.19 bits per heavy atom. The maximum absolute atomic E-state index is 11.9. The summed E-state index contributed by atoms with van der Waals surface area (Å²) in [5.41, 5.74) is 3.47. The van der Waals surface area contributed by atoms with Gasteiger partial charge in [-0.15, -0.1) is 13.2 Å². The van der Waals surface area contributed by atoms with E-state index in [1.807, 2.05) is 6.92 Å². The van der Waals surface area contributed by atoms with E-state index in [4.69, 9.17) is 4.84 Å². The van der Waals surface area contributed by atoms with Gasteiger partial charge in [0.2, 0.25) is 0 Å². The van der Waals surface area contributed by atoms with Gasteiger partial charge in [-0.2, -0.15) is 5.48 Å². The van der Waals surface area contributed by atoms with Crippen molar-refractivity contribution < 1.29 is 22.7 Å². The molecule has 1 rings (SSSR count). The summed E-state index contributed by atoms with van der Waals surface area (Å²) < 4.78 is 39.3. The van der Waals surface area contributed by atoms with E-state index in [0.717, 1.165) is 5.56 Å². The molecule has 0 amide bonds. The standard InChI is InChI=1S/C10H12F3NO2/c1-7(14-15-2)8-3-5-9(6-4-8)16-10(11,12)13/h3-7,14H,1-2H3. The van der Waals surface area contributed by atoms with Gasteiger partial charge in [-0.1, -0.05) is 12.1 Å². The first-order chi connectivity index (χ1) is 7.42. The summed E-state index contributed by atoms with van der Waals surface area (Å²) in [6.07, 6.45) is -4.65. The number of alkyl halides is 3. The predicted octanol–water partition coefficient (Wildman–Crippen LogP) is 2.80. The van der Waals surface area contributed by atoms with Crippen molar-refractivity contribution in [1.82, 2.24) is 5.48 Å². The Hall–Kier alpha value is -1.27. The van der Waals surface area contributed by atoms with E-state index in [2.05, 4.69) is 10.2 Å². The predicted molar refractivity (Wildman–Crippen MR) is 51.7 cm³/mol. The van der Waals surface area contributed by atoms with Gasteiger partial charge >= 0.3 is 6.36 Å². The van der Waals surface area contributed by atoms with E-state index >= 15 is 0 Å². The Balaban J connectivity index is 2.68. The van der Waals surface area contributed by atoms with Gasteiger partial charge < -0.3 is 9.57 Å². The highest BCUT2D eigenvalue weighted by molar-refractivity contribution is 5.28. The largest absolute Gasteiger partial charge is 0.573 e. The quantitative estimate of drug-likeness (QED) is 0.814. The zero-order valence-corrected chi connectivity index (χ0v) is 8.84. The third-order valence-electron chi connectivity index (χ3n) is 1.91. The molecule has 0 fully saturated rings. The van der Waals surface area contributed by atoms with Gasteiger partial charge in [0, 0.05) is 0 Å². The van der Waals surface area contributed by atoms with Crippen LogP contribution in [0.2, 0.25) is 0 Å². The average molecular weight is 235 g/mol. The Morgan fingerprint density at radius 2 is 1.75 bits per heavy atom. The number of ether oxygens (including phenoxy) is 1. The molecular weight excluding hydrogens is 223 g/mol. The summed E-state index contributed by atoms with van der Waals surface area (Å²) in [7, 11) is 1.47. The van der Waals surface area contributed by atoms with E-state index < -0.39 is 6.36 Å². The van der Waals surface area contributed by atoms with Gasteiger partial charge in [0.1, 0.15) is 5.75 Å². The van der Waals surface area contributed by atoms with Crippen LogP contribution in [0.5, 0.6) is 5.75 Å². The van der Waals surface area contributed by atoms with Crippen LogP contribution in [-0.2, 0) is 4.84 Å². The molecule has 0 heterocycles. The van der Waals surface area contributed by atoms with E-state index in [0.29, 0.717) is 0 Å². The maximum atomic E-state index is 11.9. The molecule has 0 saturated heterocycles. The lowest BCUT2D eigenvalue weighted by molar-refractivity contribution is -0.274. The normalized spacial score (nSPS) is 13.6. The van der Waals surface area contributed by atoms with Crippen molar-refractivity contribution in [3.8, 4) is 5.75 Å². The zero-order valence-electron chi connectivity index (χ0n) is 8.84. The molecule has 16 heavy (non-hydrogen) atoms. The smallest absolute Gasteiger partial charge is 0.406 e. The van der Waals surface area contributed by atoms with Gasteiger partial charge in [0.15, 0.2) is 0 Å². The first-order valence-electron chi connectivity index (χ1n) is 4.56. The lowest BCUT2D eigenvalue weighted by Crippen LogP contribution is -2.18. The third-order valence-corrected chi connectivity index (χ3v) is 1.91. The number of halogens is 3. The Kier molecular flexibility index (Phi) is 4.14. The highest BCUT2D eigenvalue weighted by atomic mass is 19.4. The number of hydroxylamine groups is 1. The van der Waals surface area contributed by atoms with Crippen molar-refractivity contribution in [3.63, 3.8) is 0 Å². The van der Waals surface area contributed by atoms with Gasteiger partial charge in [0.05, 0.1) is 13.2 Å². The number of rotatable bonds is 4. The second-order valence-electron chi connectivity index (χ2n) is 3.16. The van der Waals surface area contributed by atoms with Crippen LogP contribution in [-0.4, -0.2) is 13.5 Å². The molecule has 3 nitrogen and oxygen atoms in total. The summed E-state index contributed by atoms with van der Waals surface area (Å²) in [6, 6.07) is 5.49. The first-order valence-corrected chi connectivity index (χ1v) is 4.56. The van der Waals surface area contributed by atoms with Gasteiger partial charge in [-0.05, 0) is 24.6 Å². The number of hydrogen-bond donors (Lipinski definition) is 1. The van der Waals surface area contributed by atoms with E-state index in [1.165, 1.54) is 31.4 Å². The first kappa shape index (κ1) is 12.8. The molecule has 1 unspecified atom stereocenters. The summed E-state index contributed by atoms with van der Waals surface area (Å²) in [4.78, 5) is 4.71. The van der Waals surface area contributed by atoms with Crippen LogP contribution in [0.15, 0.2) is 24.3 Å².